The molecule has 2 aromatic carbocycles. The van der Waals surface area contributed by atoms with E-state index in [-0.39, 0.29) is 34.3 Å². The Kier molecular flexibility index (Phi) is 6.61. The van der Waals surface area contributed by atoms with Crippen molar-refractivity contribution in [3.05, 3.63) is 69.2 Å². The van der Waals surface area contributed by atoms with Gasteiger partial charge in [0.25, 0.3) is 11.1 Å². The van der Waals surface area contributed by atoms with Crippen molar-refractivity contribution in [2.45, 2.75) is 31.6 Å². The van der Waals surface area contributed by atoms with E-state index in [1.165, 1.54) is 21.7 Å². The minimum atomic E-state index is -4.54. The first-order chi connectivity index (χ1) is 17.1. The van der Waals surface area contributed by atoms with Crippen LogP contribution in [0.15, 0.2) is 47.5 Å². The molecule has 36 heavy (non-hydrogen) atoms. The van der Waals surface area contributed by atoms with Gasteiger partial charge in [-0.05, 0) is 79.7 Å². The topological polar surface area (TPSA) is 58.4 Å². The standard InChI is InChI=1S/C25H22ClF3N4O2S/c1-31-8-2-3-19(31)14-32-23(34)22(36-24(32)35)10-15-4-7-21-17(9-15)12-30-33(21)13-16-5-6-18(26)11-20(16)25(27,28)29/h4-7,9-12,19H,2-3,8,13-14H2,1H3/t19-/m0/s1. The fourth-order valence-corrected chi connectivity index (χ4v) is 5.68. The van der Waals surface area contributed by atoms with Crippen molar-refractivity contribution in [1.82, 2.24) is 19.6 Å². The van der Waals surface area contributed by atoms with E-state index in [4.69, 9.17) is 11.6 Å². The van der Waals surface area contributed by atoms with Crippen LogP contribution in [0.5, 0.6) is 0 Å². The molecule has 2 amide bonds. The van der Waals surface area contributed by atoms with Crippen molar-refractivity contribution in [1.29, 1.82) is 0 Å². The van der Waals surface area contributed by atoms with E-state index in [2.05, 4.69) is 10.00 Å². The van der Waals surface area contributed by atoms with Crippen LogP contribution < -0.4 is 0 Å². The van der Waals surface area contributed by atoms with Crippen molar-refractivity contribution in [3.63, 3.8) is 0 Å². The number of benzene rings is 2. The average molecular weight is 535 g/mol. The van der Waals surface area contributed by atoms with Crippen molar-refractivity contribution < 1.29 is 22.8 Å². The maximum Gasteiger partial charge on any atom is 0.416 e. The van der Waals surface area contributed by atoms with Crippen molar-refractivity contribution in [2.75, 3.05) is 20.1 Å². The zero-order valence-electron chi connectivity index (χ0n) is 19.3. The van der Waals surface area contributed by atoms with Gasteiger partial charge in [0.1, 0.15) is 0 Å². The van der Waals surface area contributed by atoms with Crippen molar-refractivity contribution in [2.24, 2.45) is 0 Å². The second-order valence-electron chi connectivity index (χ2n) is 8.99. The number of alkyl halides is 3. The predicted octanol–water partition coefficient (Wildman–Crippen LogP) is 5.89. The van der Waals surface area contributed by atoms with Gasteiger partial charge in [0.05, 0.1) is 28.7 Å². The zero-order valence-corrected chi connectivity index (χ0v) is 20.8. The molecular formula is C25H22ClF3N4O2S. The molecule has 0 saturated carbocycles. The molecule has 0 N–H and O–H groups in total. The van der Waals surface area contributed by atoms with E-state index < -0.39 is 11.7 Å². The minimum Gasteiger partial charge on any atom is -0.302 e. The van der Waals surface area contributed by atoms with E-state index in [1.807, 2.05) is 7.05 Å². The Hall–Kier alpha value is -2.82. The molecule has 2 aliphatic heterocycles. The number of hydrogen-bond acceptors (Lipinski definition) is 5. The summed E-state index contributed by atoms with van der Waals surface area (Å²) in [7, 11) is 2.00. The number of halogens is 4. The van der Waals surface area contributed by atoms with Crippen LogP contribution in [0, 0.1) is 0 Å². The molecule has 3 heterocycles. The van der Waals surface area contributed by atoms with E-state index in [1.54, 1.807) is 30.5 Å². The van der Waals surface area contributed by atoms with Crippen LogP contribution in [-0.2, 0) is 17.5 Å². The molecule has 0 radical (unpaired) electrons. The Morgan fingerprint density at radius 2 is 2.00 bits per heavy atom. The van der Waals surface area contributed by atoms with E-state index in [0.717, 1.165) is 37.2 Å². The quantitative estimate of drug-likeness (QED) is 0.382. The van der Waals surface area contributed by atoms with E-state index in [9.17, 15) is 22.8 Å². The maximum atomic E-state index is 13.5. The first-order valence-corrected chi connectivity index (χ1v) is 12.6. The summed E-state index contributed by atoms with van der Waals surface area (Å²) < 4.78 is 41.9. The molecule has 2 saturated heterocycles. The number of likely N-dealkylation sites (N-methyl/N-ethyl adjacent to an activating group) is 1. The van der Waals surface area contributed by atoms with Crippen LogP contribution >= 0.6 is 23.4 Å². The number of likely N-dealkylation sites (tertiary alicyclic amines) is 1. The molecule has 6 nitrogen and oxygen atoms in total. The Morgan fingerprint density at radius 3 is 2.72 bits per heavy atom. The highest BCUT2D eigenvalue weighted by Crippen LogP contribution is 2.35. The molecule has 3 aromatic rings. The fourth-order valence-electron chi connectivity index (χ4n) is 4.66. The summed E-state index contributed by atoms with van der Waals surface area (Å²) in [5.74, 6) is -0.302. The lowest BCUT2D eigenvalue weighted by Crippen LogP contribution is -2.40. The number of nitrogens with zero attached hydrogens (tertiary/aromatic N) is 4. The SMILES string of the molecule is CN1CCC[C@H]1CN1C(=O)SC(=Cc2ccc3c(cnn3Cc3ccc(Cl)cc3C(F)(F)F)c2)C1=O. The van der Waals surface area contributed by atoms with Crippen LogP contribution in [0.1, 0.15) is 29.5 Å². The molecule has 11 heteroatoms. The van der Waals surface area contributed by atoms with Gasteiger partial charge in [-0.3, -0.25) is 19.2 Å². The molecule has 0 unspecified atom stereocenters. The van der Waals surface area contributed by atoms with Crippen LogP contribution in [0.4, 0.5) is 18.0 Å². The Morgan fingerprint density at radius 1 is 1.19 bits per heavy atom. The summed E-state index contributed by atoms with van der Waals surface area (Å²) in [6, 6.07) is 9.17. The molecule has 5 rings (SSSR count). The first-order valence-electron chi connectivity index (χ1n) is 11.4. The van der Waals surface area contributed by atoms with Gasteiger partial charge in [-0.25, -0.2) is 0 Å². The maximum absolute atomic E-state index is 13.5. The number of aromatic nitrogens is 2. The van der Waals surface area contributed by atoms with Gasteiger partial charge < -0.3 is 4.90 Å². The van der Waals surface area contributed by atoms with Gasteiger partial charge in [0.2, 0.25) is 0 Å². The number of carbonyl (C=O) groups excluding carboxylic acids is 2. The van der Waals surface area contributed by atoms with Gasteiger partial charge in [-0.1, -0.05) is 23.7 Å². The van der Waals surface area contributed by atoms with E-state index in [0.29, 0.717) is 27.9 Å². The summed E-state index contributed by atoms with van der Waals surface area (Å²) in [6.07, 6.45) is 0.708. The lowest BCUT2D eigenvalue weighted by atomic mass is 10.1. The lowest BCUT2D eigenvalue weighted by Gasteiger charge is -2.23. The summed E-state index contributed by atoms with van der Waals surface area (Å²) >= 11 is 6.70. The molecule has 0 aliphatic carbocycles. The highest BCUT2D eigenvalue weighted by Gasteiger charge is 2.38. The third-order valence-electron chi connectivity index (χ3n) is 6.60. The normalized spacial score (nSPS) is 20.4. The number of fused-ring (bicyclic) bond motifs is 1. The van der Waals surface area contributed by atoms with Gasteiger partial charge >= 0.3 is 6.18 Å². The first kappa shape index (κ1) is 24.9. The van der Waals surface area contributed by atoms with Crippen molar-refractivity contribution >= 4 is 51.5 Å². The van der Waals surface area contributed by atoms with Gasteiger partial charge in [-0.2, -0.15) is 18.3 Å². The average Bonchev–Trinajstić information content (AvgIpc) is 3.48. The van der Waals surface area contributed by atoms with Crippen LogP contribution in [0.3, 0.4) is 0 Å². The molecule has 1 aromatic heterocycles. The number of carbonyl (C=O) groups is 2. The van der Waals surface area contributed by atoms with Gasteiger partial charge in [0, 0.05) is 23.0 Å². The van der Waals surface area contributed by atoms with Gasteiger partial charge in [-0.15, -0.1) is 0 Å². The molecule has 188 valence electrons. The third-order valence-corrected chi connectivity index (χ3v) is 7.74. The second kappa shape index (κ2) is 9.57. The lowest BCUT2D eigenvalue weighted by molar-refractivity contribution is -0.138. The Balaban J connectivity index is 1.37. The summed E-state index contributed by atoms with van der Waals surface area (Å²) in [4.78, 5) is 29.2. The van der Waals surface area contributed by atoms with Gasteiger partial charge in [0.15, 0.2) is 0 Å². The molecular weight excluding hydrogens is 513 g/mol. The second-order valence-corrected chi connectivity index (χ2v) is 10.4. The number of imide groups is 1. The largest absolute Gasteiger partial charge is 0.416 e. The molecule has 0 spiro atoms. The smallest absolute Gasteiger partial charge is 0.302 e. The van der Waals surface area contributed by atoms with E-state index >= 15 is 0 Å². The summed E-state index contributed by atoms with van der Waals surface area (Å²) in [6.45, 7) is 1.26. The van der Waals surface area contributed by atoms with Crippen molar-refractivity contribution in [3.8, 4) is 0 Å². The molecule has 1 atom stereocenters. The Bertz CT molecular complexity index is 1390. The van der Waals surface area contributed by atoms with Crippen LogP contribution in [0.25, 0.3) is 17.0 Å². The molecule has 2 aliphatic rings. The third kappa shape index (κ3) is 4.89. The number of amides is 2. The number of hydrogen-bond donors (Lipinski definition) is 0. The minimum absolute atomic E-state index is 0.0146. The zero-order chi connectivity index (χ0) is 25.6. The summed E-state index contributed by atoms with van der Waals surface area (Å²) in [5, 5.41) is 4.72. The summed E-state index contributed by atoms with van der Waals surface area (Å²) in [5.41, 5.74) is 0.609. The van der Waals surface area contributed by atoms with Crippen LogP contribution in [-0.4, -0.2) is 56.9 Å². The molecule has 2 fully saturated rings. The predicted molar refractivity (Wildman–Crippen MR) is 134 cm³/mol. The number of thioether (sulfide) groups is 1. The molecule has 0 bridgehead atoms. The highest BCUT2D eigenvalue weighted by molar-refractivity contribution is 8.18. The Labute approximate surface area is 214 Å². The highest BCUT2D eigenvalue weighted by atomic mass is 35.5. The fraction of sp³-hybridized carbons (Fsp3) is 0.320. The number of rotatable bonds is 5. The monoisotopic (exact) mass is 534 g/mol. The van der Waals surface area contributed by atoms with Crippen LogP contribution in [0.2, 0.25) is 5.02 Å².